The second-order valence-corrected chi connectivity index (χ2v) is 12.2. The zero-order valence-electron chi connectivity index (χ0n) is 24.8. The monoisotopic (exact) mass is 534 g/mol. The first kappa shape index (κ1) is 29.9. The van der Waals surface area contributed by atoms with Gasteiger partial charge in [-0.05, 0) is 125 Å². The molecule has 39 heavy (non-hydrogen) atoms. The minimum Gasteiger partial charge on any atom is -0.508 e. The molecule has 2 aliphatic carbocycles. The van der Waals surface area contributed by atoms with Crippen LogP contribution in [0.1, 0.15) is 107 Å². The van der Waals surface area contributed by atoms with Gasteiger partial charge in [-0.15, -0.1) is 0 Å². The zero-order chi connectivity index (χ0) is 27.5. The Kier molecular flexibility index (Phi) is 12.0. The second-order valence-electron chi connectivity index (χ2n) is 12.2. The summed E-state index contributed by atoms with van der Waals surface area (Å²) in [4.78, 5) is 5.47. The highest BCUT2D eigenvalue weighted by Crippen LogP contribution is 2.32. The van der Waals surface area contributed by atoms with Gasteiger partial charge in [0.05, 0.1) is 0 Å². The van der Waals surface area contributed by atoms with Crippen LogP contribution in [-0.4, -0.2) is 58.3 Å². The number of nitrogens with zero attached hydrogens (tertiary/aromatic N) is 2. The third kappa shape index (κ3) is 8.47. The minimum absolute atomic E-state index is 0.493. The summed E-state index contributed by atoms with van der Waals surface area (Å²) in [5, 5.41) is 20.4. The predicted molar refractivity (Wildman–Crippen MR) is 164 cm³/mol. The molecule has 0 aromatic heterocycles. The number of rotatable bonds is 16. The van der Waals surface area contributed by atoms with Crippen LogP contribution in [0.3, 0.4) is 0 Å². The van der Waals surface area contributed by atoms with Crippen LogP contribution in [0, 0.1) is 0 Å². The third-order valence-corrected chi connectivity index (χ3v) is 9.31. The summed E-state index contributed by atoms with van der Waals surface area (Å²) >= 11 is 0. The van der Waals surface area contributed by atoms with E-state index < -0.39 is 0 Å². The molecular formula is C35H54N2O2. The molecule has 4 rings (SSSR count). The van der Waals surface area contributed by atoms with Crippen LogP contribution >= 0.6 is 0 Å². The fourth-order valence-corrected chi connectivity index (χ4v) is 7.20. The maximum absolute atomic E-state index is 10.2. The number of unbranched alkanes of at least 4 members (excludes halogenated alkanes) is 6. The highest BCUT2D eigenvalue weighted by atomic mass is 16.3. The van der Waals surface area contributed by atoms with E-state index in [2.05, 4.69) is 35.8 Å². The molecule has 0 unspecified atom stereocenters. The molecule has 2 aromatic rings. The molecule has 4 heteroatoms. The molecule has 216 valence electrons. The number of aromatic hydroxyl groups is 2. The van der Waals surface area contributed by atoms with E-state index in [-0.39, 0.29) is 0 Å². The van der Waals surface area contributed by atoms with Gasteiger partial charge in [0.15, 0.2) is 0 Å². The first-order chi connectivity index (χ1) is 19.1. The van der Waals surface area contributed by atoms with Crippen LogP contribution in [0.25, 0.3) is 0 Å². The van der Waals surface area contributed by atoms with Crippen molar-refractivity contribution in [3.8, 4) is 11.5 Å². The molecule has 0 spiro atoms. The Morgan fingerprint density at radius 1 is 0.590 bits per heavy atom. The van der Waals surface area contributed by atoms with E-state index in [9.17, 15) is 10.2 Å². The molecule has 2 atom stereocenters. The van der Waals surface area contributed by atoms with Crippen molar-refractivity contribution in [3.63, 3.8) is 0 Å². The standard InChI is InChI=1S/C35H54N2O2/c1-3-22-36(30-18-20-32-28(26-30)14-12-16-34(32)38)24-10-8-6-5-7-9-11-25-37(23-4-2)31-19-21-33-29(27-31)15-13-17-35(33)39/h12-17,30-31,38-39H,3-11,18-27H2,1-2H3/t30-,31+. The SMILES string of the molecule is CCCN(CCCCCCCCCN(CCC)[C@H]1CCc2c(O)cccc2C1)[C@@H]1CCc2c(O)cccc2C1. The number of benzene rings is 2. The van der Waals surface area contributed by atoms with Gasteiger partial charge in [0.25, 0.3) is 0 Å². The van der Waals surface area contributed by atoms with Crippen molar-refractivity contribution >= 4 is 0 Å². The van der Waals surface area contributed by atoms with Gasteiger partial charge in [-0.25, -0.2) is 0 Å². The maximum Gasteiger partial charge on any atom is 0.119 e. The normalized spacial score (nSPS) is 18.9. The first-order valence-corrected chi connectivity index (χ1v) is 16.2. The van der Waals surface area contributed by atoms with E-state index in [0.717, 1.165) is 25.7 Å². The largest absolute Gasteiger partial charge is 0.508 e. The van der Waals surface area contributed by atoms with Crippen molar-refractivity contribution in [1.29, 1.82) is 0 Å². The summed E-state index contributed by atoms with van der Waals surface area (Å²) in [5.41, 5.74) is 5.09. The van der Waals surface area contributed by atoms with Gasteiger partial charge in [0.2, 0.25) is 0 Å². The fraction of sp³-hybridized carbons (Fsp3) is 0.657. The van der Waals surface area contributed by atoms with Gasteiger partial charge in [-0.1, -0.05) is 70.2 Å². The van der Waals surface area contributed by atoms with E-state index in [0.29, 0.717) is 23.6 Å². The lowest BCUT2D eigenvalue weighted by Crippen LogP contribution is -2.40. The number of hydrogen-bond donors (Lipinski definition) is 2. The Morgan fingerprint density at radius 2 is 1.00 bits per heavy atom. The number of phenolic OH excluding ortho intramolecular Hbond substituents is 2. The van der Waals surface area contributed by atoms with Crippen molar-refractivity contribution in [2.75, 3.05) is 26.2 Å². The molecular weight excluding hydrogens is 480 g/mol. The number of fused-ring (bicyclic) bond motifs is 2. The van der Waals surface area contributed by atoms with Crippen molar-refractivity contribution < 1.29 is 10.2 Å². The Balaban J connectivity index is 1.10. The second kappa shape index (κ2) is 15.7. The summed E-state index contributed by atoms with van der Waals surface area (Å²) in [5.74, 6) is 0.985. The summed E-state index contributed by atoms with van der Waals surface area (Å²) in [6.45, 7) is 9.44. The van der Waals surface area contributed by atoms with Crippen molar-refractivity contribution in [2.24, 2.45) is 0 Å². The average molecular weight is 535 g/mol. The summed E-state index contributed by atoms with van der Waals surface area (Å²) in [6.07, 6.45) is 18.4. The molecule has 0 heterocycles. The molecule has 0 saturated carbocycles. The topological polar surface area (TPSA) is 46.9 Å². The van der Waals surface area contributed by atoms with Crippen LogP contribution in [0.2, 0.25) is 0 Å². The Morgan fingerprint density at radius 3 is 1.41 bits per heavy atom. The highest BCUT2D eigenvalue weighted by molar-refractivity contribution is 5.42. The molecule has 0 amide bonds. The van der Waals surface area contributed by atoms with Crippen molar-refractivity contribution in [2.45, 2.75) is 122 Å². The predicted octanol–water partition coefficient (Wildman–Crippen LogP) is 7.67. The van der Waals surface area contributed by atoms with E-state index in [1.807, 2.05) is 24.3 Å². The van der Waals surface area contributed by atoms with Crippen LogP contribution in [-0.2, 0) is 25.7 Å². The van der Waals surface area contributed by atoms with Crippen molar-refractivity contribution in [1.82, 2.24) is 9.80 Å². The van der Waals surface area contributed by atoms with Crippen LogP contribution in [0.15, 0.2) is 36.4 Å². The molecule has 0 aliphatic heterocycles. The molecule has 0 fully saturated rings. The fourth-order valence-electron chi connectivity index (χ4n) is 7.20. The zero-order valence-corrected chi connectivity index (χ0v) is 24.8. The van der Waals surface area contributed by atoms with E-state index >= 15 is 0 Å². The van der Waals surface area contributed by atoms with E-state index in [4.69, 9.17) is 0 Å². The quantitative estimate of drug-likeness (QED) is 0.217. The number of phenols is 2. The molecule has 0 saturated heterocycles. The summed E-state index contributed by atoms with van der Waals surface area (Å²) in [6, 6.07) is 13.4. The van der Waals surface area contributed by atoms with Gasteiger partial charge in [-0.3, -0.25) is 0 Å². The lowest BCUT2D eigenvalue weighted by molar-refractivity contribution is 0.174. The van der Waals surface area contributed by atoms with Gasteiger partial charge in [-0.2, -0.15) is 0 Å². The summed E-state index contributed by atoms with van der Waals surface area (Å²) < 4.78 is 0. The Bertz CT molecular complexity index is 927. The van der Waals surface area contributed by atoms with E-state index in [1.165, 1.54) is 119 Å². The Labute approximate surface area is 238 Å². The van der Waals surface area contributed by atoms with E-state index in [1.54, 1.807) is 0 Å². The van der Waals surface area contributed by atoms with Gasteiger partial charge < -0.3 is 20.0 Å². The van der Waals surface area contributed by atoms with Crippen LogP contribution in [0.5, 0.6) is 11.5 Å². The Hall–Kier alpha value is -2.04. The average Bonchev–Trinajstić information content (AvgIpc) is 2.95. The smallest absolute Gasteiger partial charge is 0.119 e. The molecule has 2 aromatic carbocycles. The van der Waals surface area contributed by atoms with Crippen molar-refractivity contribution in [3.05, 3.63) is 58.7 Å². The lowest BCUT2D eigenvalue weighted by atomic mass is 9.86. The summed E-state index contributed by atoms with van der Waals surface area (Å²) in [7, 11) is 0. The molecule has 2 N–H and O–H groups in total. The molecule has 2 aliphatic rings. The molecule has 0 bridgehead atoms. The maximum atomic E-state index is 10.2. The third-order valence-electron chi connectivity index (χ3n) is 9.31. The van der Waals surface area contributed by atoms with Crippen LogP contribution < -0.4 is 0 Å². The molecule has 4 nitrogen and oxygen atoms in total. The van der Waals surface area contributed by atoms with Gasteiger partial charge in [0.1, 0.15) is 11.5 Å². The number of hydrogen-bond acceptors (Lipinski definition) is 4. The van der Waals surface area contributed by atoms with Crippen LogP contribution in [0.4, 0.5) is 0 Å². The van der Waals surface area contributed by atoms with Gasteiger partial charge >= 0.3 is 0 Å². The molecule has 0 radical (unpaired) electrons. The lowest BCUT2D eigenvalue weighted by Gasteiger charge is -2.35. The van der Waals surface area contributed by atoms with Gasteiger partial charge in [0, 0.05) is 12.1 Å². The minimum atomic E-state index is 0.493. The highest BCUT2D eigenvalue weighted by Gasteiger charge is 2.26. The first-order valence-electron chi connectivity index (χ1n) is 16.2.